The monoisotopic (exact) mass is 237 g/mol. The van der Waals surface area contributed by atoms with Crippen LogP contribution in [-0.2, 0) is 16.1 Å². The molecule has 1 aromatic rings. The van der Waals surface area contributed by atoms with Gasteiger partial charge in [0.2, 0.25) is 0 Å². The van der Waals surface area contributed by atoms with Crippen LogP contribution in [0.5, 0.6) is 5.75 Å². The minimum absolute atomic E-state index is 0.201. The van der Waals surface area contributed by atoms with Crippen molar-refractivity contribution in [1.29, 1.82) is 0 Å². The highest BCUT2D eigenvalue weighted by molar-refractivity contribution is 5.71. The lowest BCUT2D eigenvalue weighted by Gasteiger charge is -2.13. The number of aryl methyl sites for hydroxylation is 2. The Kier molecular flexibility index (Phi) is 4.97. The van der Waals surface area contributed by atoms with E-state index >= 15 is 0 Å². The molecule has 0 radical (unpaired) electrons. The summed E-state index contributed by atoms with van der Waals surface area (Å²) < 4.78 is 9.92. The van der Waals surface area contributed by atoms with Crippen molar-refractivity contribution in [3.63, 3.8) is 0 Å². The lowest BCUT2D eigenvalue weighted by Crippen LogP contribution is -2.23. The molecule has 0 aromatic heterocycles. The van der Waals surface area contributed by atoms with Gasteiger partial charge in [-0.15, -0.1) is 0 Å². The van der Waals surface area contributed by atoms with Crippen LogP contribution in [0.2, 0.25) is 0 Å². The van der Waals surface area contributed by atoms with E-state index in [0.717, 1.165) is 16.9 Å². The van der Waals surface area contributed by atoms with E-state index in [4.69, 9.17) is 4.74 Å². The quantitative estimate of drug-likeness (QED) is 0.790. The van der Waals surface area contributed by atoms with Crippen molar-refractivity contribution >= 4 is 5.97 Å². The maximum atomic E-state index is 11.0. The van der Waals surface area contributed by atoms with Gasteiger partial charge in [-0.05, 0) is 19.4 Å². The van der Waals surface area contributed by atoms with Crippen molar-refractivity contribution in [2.45, 2.75) is 20.4 Å². The molecule has 0 heterocycles. The molecule has 1 N–H and O–H groups in total. The Labute approximate surface area is 102 Å². The van der Waals surface area contributed by atoms with Crippen LogP contribution in [0.4, 0.5) is 0 Å². The van der Waals surface area contributed by atoms with Crippen LogP contribution in [0.1, 0.15) is 16.7 Å². The van der Waals surface area contributed by atoms with E-state index in [1.807, 2.05) is 13.8 Å². The van der Waals surface area contributed by atoms with Gasteiger partial charge in [0.05, 0.1) is 20.8 Å². The molecule has 0 aliphatic carbocycles. The highest BCUT2D eigenvalue weighted by Gasteiger charge is 2.08. The van der Waals surface area contributed by atoms with Gasteiger partial charge in [0.1, 0.15) is 5.75 Å². The molecular formula is C13H19NO3. The summed E-state index contributed by atoms with van der Waals surface area (Å²) in [5.41, 5.74) is 3.33. The van der Waals surface area contributed by atoms with Crippen LogP contribution >= 0.6 is 0 Å². The maximum absolute atomic E-state index is 11.0. The minimum Gasteiger partial charge on any atom is -0.496 e. The molecule has 4 heteroatoms. The van der Waals surface area contributed by atoms with Gasteiger partial charge in [-0.2, -0.15) is 0 Å². The zero-order valence-corrected chi connectivity index (χ0v) is 10.8. The summed E-state index contributed by atoms with van der Waals surface area (Å²) in [6, 6.07) is 4.12. The number of carbonyl (C=O) groups is 1. The Bertz CT molecular complexity index is 402. The van der Waals surface area contributed by atoms with E-state index in [1.54, 1.807) is 7.11 Å². The molecule has 0 unspecified atom stereocenters. The van der Waals surface area contributed by atoms with Gasteiger partial charge in [0.25, 0.3) is 0 Å². The van der Waals surface area contributed by atoms with Crippen LogP contribution in [-0.4, -0.2) is 26.7 Å². The van der Waals surface area contributed by atoms with E-state index in [9.17, 15) is 4.79 Å². The summed E-state index contributed by atoms with van der Waals surface area (Å²) in [7, 11) is 3.03. The summed E-state index contributed by atoms with van der Waals surface area (Å²) in [5.74, 6) is 0.598. The first-order chi connectivity index (χ1) is 8.08. The smallest absolute Gasteiger partial charge is 0.319 e. The van der Waals surface area contributed by atoms with Crippen molar-refractivity contribution < 1.29 is 14.3 Å². The van der Waals surface area contributed by atoms with E-state index in [-0.39, 0.29) is 12.5 Å². The third-order valence-corrected chi connectivity index (χ3v) is 2.51. The first-order valence-electron chi connectivity index (χ1n) is 5.50. The molecule has 0 saturated heterocycles. The molecule has 0 fully saturated rings. The zero-order valence-electron chi connectivity index (χ0n) is 10.8. The molecular weight excluding hydrogens is 218 g/mol. The van der Waals surface area contributed by atoms with E-state index in [2.05, 4.69) is 22.2 Å². The van der Waals surface area contributed by atoms with Crippen LogP contribution in [0, 0.1) is 13.8 Å². The first kappa shape index (κ1) is 13.5. The molecule has 0 aliphatic heterocycles. The van der Waals surface area contributed by atoms with Crippen molar-refractivity contribution in [2.75, 3.05) is 20.8 Å². The molecule has 0 saturated carbocycles. The normalized spacial score (nSPS) is 10.1. The zero-order chi connectivity index (χ0) is 12.8. The molecule has 1 aromatic carbocycles. The third kappa shape index (κ3) is 3.75. The Hall–Kier alpha value is -1.55. The second-order valence-electron chi connectivity index (χ2n) is 3.95. The number of nitrogens with one attached hydrogen (secondary N) is 1. The molecule has 0 spiro atoms. The number of esters is 1. The van der Waals surface area contributed by atoms with E-state index in [0.29, 0.717) is 6.54 Å². The minimum atomic E-state index is -0.270. The number of carbonyl (C=O) groups excluding carboxylic acids is 1. The van der Waals surface area contributed by atoms with Crippen molar-refractivity contribution in [2.24, 2.45) is 0 Å². The Morgan fingerprint density at radius 1 is 1.29 bits per heavy atom. The topological polar surface area (TPSA) is 47.6 Å². The molecule has 94 valence electrons. The van der Waals surface area contributed by atoms with Gasteiger partial charge in [0.15, 0.2) is 0 Å². The molecule has 0 amide bonds. The summed E-state index contributed by atoms with van der Waals surface area (Å²) in [4.78, 5) is 11.0. The average Bonchev–Trinajstić information content (AvgIpc) is 2.28. The summed E-state index contributed by atoms with van der Waals surface area (Å²) in [6.07, 6.45) is 0. The van der Waals surface area contributed by atoms with E-state index < -0.39 is 0 Å². The number of benzene rings is 1. The lowest BCUT2D eigenvalue weighted by atomic mass is 10.1. The third-order valence-electron chi connectivity index (χ3n) is 2.51. The molecule has 1 rings (SSSR count). The van der Waals surface area contributed by atoms with Crippen molar-refractivity contribution in [3.8, 4) is 5.75 Å². The van der Waals surface area contributed by atoms with Gasteiger partial charge < -0.3 is 14.8 Å². The maximum Gasteiger partial charge on any atom is 0.319 e. The largest absolute Gasteiger partial charge is 0.496 e. The Morgan fingerprint density at radius 2 is 2.00 bits per heavy atom. The fourth-order valence-electron chi connectivity index (χ4n) is 1.84. The fourth-order valence-corrected chi connectivity index (χ4v) is 1.84. The number of hydrogen-bond acceptors (Lipinski definition) is 4. The molecule has 0 atom stereocenters. The van der Waals surface area contributed by atoms with Gasteiger partial charge in [-0.25, -0.2) is 0 Å². The highest BCUT2D eigenvalue weighted by Crippen LogP contribution is 2.24. The summed E-state index contributed by atoms with van der Waals surface area (Å²) >= 11 is 0. The predicted octanol–water partition coefficient (Wildman–Crippen LogP) is 1.57. The molecule has 0 aliphatic rings. The summed E-state index contributed by atoms with van der Waals surface area (Å²) in [5, 5.41) is 3.03. The van der Waals surface area contributed by atoms with Crippen LogP contribution < -0.4 is 10.1 Å². The number of methoxy groups -OCH3 is 2. The molecule has 17 heavy (non-hydrogen) atoms. The number of rotatable bonds is 5. The van der Waals surface area contributed by atoms with Crippen molar-refractivity contribution in [3.05, 3.63) is 28.8 Å². The van der Waals surface area contributed by atoms with E-state index in [1.165, 1.54) is 12.7 Å². The van der Waals surface area contributed by atoms with Gasteiger partial charge in [-0.1, -0.05) is 17.7 Å². The van der Waals surface area contributed by atoms with Gasteiger partial charge in [-0.3, -0.25) is 4.79 Å². The van der Waals surface area contributed by atoms with Crippen molar-refractivity contribution in [1.82, 2.24) is 5.32 Å². The van der Waals surface area contributed by atoms with Gasteiger partial charge >= 0.3 is 5.97 Å². The standard InChI is InChI=1S/C13H19NO3/c1-9-5-10(2)13(17-4)11(6-9)7-14-8-12(15)16-3/h5-6,14H,7-8H2,1-4H3. The number of ether oxygens (including phenoxy) is 2. The molecule has 4 nitrogen and oxygen atoms in total. The van der Waals surface area contributed by atoms with Crippen LogP contribution in [0.3, 0.4) is 0 Å². The molecule has 0 bridgehead atoms. The average molecular weight is 237 g/mol. The van der Waals surface area contributed by atoms with Gasteiger partial charge in [0, 0.05) is 12.1 Å². The van der Waals surface area contributed by atoms with Crippen LogP contribution in [0.25, 0.3) is 0 Å². The highest BCUT2D eigenvalue weighted by atomic mass is 16.5. The fraction of sp³-hybridized carbons (Fsp3) is 0.462. The second-order valence-corrected chi connectivity index (χ2v) is 3.95. The number of hydrogen-bond donors (Lipinski definition) is 1. The second kappa shape index (κ2) is 6.25. The SMILES string of the molecule is COC(=O)CNCc1cc(C)cc(C)c1OC. The van der Waals surface area contributed by atoms with Crippen LogP contribution in [0.15, 0.2) is 12.1 Å². The lowest BCUT2D eigenvalue weighted by molar-refractivity contribution is -0.139. The summed E-state index contributed by atoms with van der Waals surface area (Å²) in [6.45, 7) is 4.83. The predicted molar refractivity (Wildman–Crippen MR) is 66.2 cm³/mol. The first-order valence-corrected chi connectivity index (χ1v) is 5.50. The Balaban J connectivity index is 2.72. The Morgan fingerprint density at radius 3 is 2.59 bits per heavy atom.